The van der Waals surface area contributed by atoms with Crippen molar-refractivity contribution >= 4 is 71.2 Å². The number of benzene rings is 10. The van der Waals surface area contributed by atoms with E-state index in [1.807, 2.05) is 0 Å². The van der Waals surface area contributed by atoms with E-state index in [2.05, 4.69) is 245 Å². The van der Waals surface area contributed by atoms with Gasteiger partial charge >= 0.3 is 0 Å². The molecule has 0 fully saturated rings. The smallest absolute Gasteiger partial charge is 0.0543 e. The summed E-state index contributed by atoms with van der Waals surface area (Å²) in [4.78, 5) is 2.52. The Bertz CT molecular complexity index is 3390. The Labute approximate surface area is 364 Å². The molecule has 0 radical (unpaired) electrons. The first-order chi connectivity index (χ1) is 30.0. The van der Waals surface area contributed by atoms with Gasteiger partial charge in [-0.1, -0.05) is 193 Å². The van der Waals surface area contributed by atoms with E-state index in [4.69, 9.17) is 0 Å². The van der Waals surface area contributed by atoms with Gasteiger partial charge in [0.25, 0.3) is 0 Å². The van der Waals surface area contributed by atoms with Crippen molar-refractivity contribution in [3.63, 3.8) is 0 Å². The van der Waals surface area contributed by atoms with Gasteiger partial charge in [0.05, 0.1) is 28.1 Å². The molecule has 2 nitrogen and oxygen atoms in total. The maximum absolute atomic E-state index is 2.52. The number of hydrogen-bond donors (Lipinski definition) is 0. The van der Waals surface area contributed by atoms with Crippen molar-refractivity contribution < 1.29 is 0 Å². The number of fused-ring (bicyclic) bond motifs is 3. The standard InChI is InChI=1S/C60H50N2/c1-59(2,3)44-28-20-41(21-29-44)47-35-30-45(60(4,5)6)38-56(47)61(46-31-22-40(23-32-46)39-14-8-7-9-15-39)54-36-26-42-25-34-51-55(37-27-43-24-33-50(54)57(42)58(43)51)62-52-18-12-10-16-48(52)49-17-11-13-19-53(49)62/h7-38H,1-6H3. The minimum Gasteiger partial charge on any atom is -0.309 e. The average molecular weight is 799 g/mol. The molecular weight excluding hydrogens is 749 g/mol. The zero-order valence-corrected chi connectivity index (χ0v) is 36.4. The fourth-order valence-electron chi connectivity index (χ4n) is 9.76. The van der Waals surface area contributed by atoms with Crippen LogP contribution in [0.15, 0.2) is 194 Å². The van der Waals surface area contributed by atoms with Gasteiger partial charge < -0.3 is 9.47 Å². The number of nitrogens with zero attached hydrogens (tertiary/aromatic N) is 2. The highest BCUT2D eigenvalue weighted by Gasteiger charge is 2.25. The van der Waals surface area contributed by atoms with Gasteiger partial charge in [-0.3, -0.25) is 0 Å². The largest absolute Gasteiger partial charge is 0.309 e. The lowest BCUT2D eigenvalue weighted by Crippen LogP contribution is -2.16. The fourth-order valence-corrected chi connectivity index (χ4v) is 9.76. The van der Waals surface area contributed by atoms with Crippen molar-refractivity contribution in [2.75, 3.05) is 4.90 Å². The lowest BCUT2D eigenvalue weighted by atomic mass is 9.84. The van der Waals surface area contributed by atoms with Crippen LogP contribution in [0.5, 0.6) is 0 Å². The van der Waals surface area contributed by atoms with Crippen molar-refractivity contribution in [3.05, 3.63) is 205 Å². The normalized spacial score (nSPS) is 12.4. The van der Waals surface area contributed by atoms with Crippen molar-refractivity contribution in [2.45, 2.75) is 52.4 Å². The third-order valence-corrected chi connectivity index (χ3v) is 13.1. The third-order valence-electron chi connectivity index (χ3n) is 13.1. The molecule has 2 heteroatoms. The second-order valence-corrected chi connectivity index (χ2v) is 19.0. The summed E-state index contributed by atoms with van der Waals surface area (Å²) in [5.41, 5.74) is 14.5. The summed E-state index contributed by atoms with van der Waals surface area (Å²) in [6.45, 7) is 13.8. The quantitative estimate of drug-likeness (QED) is 0.152. The van der Waals surface area contributed by atoms with E-state index in [-0.39, 0.29) is 10.8 Å². The van der Waals surface area contributed by atoms with Crippen molar-refractivity contribution in [1.29, 1.82) is 0 Å². The van der Waals surface area contributed by atoms with Gasteiger partial charge in [0.1, 0.15) is 0 Å². The van der Waals surface area contributed by atoms with E-state index >= 15 is 0 Å². The van der Waals surface area contributed by atoms with E-state index in [1.54, 1.807) is 0 Å². The van der Waals surface area contributed by atoms with Crippen LogP contribution in [-0.2, 0) is 10.8 Å². The zero-order valence-electron chi connectivity index (χ0n) is 36.4. The molecule has 62 heavy (non-hydrogen) atoms. The van der Waals surface area contributed by atoms with E-state index in [0.717, 1.165) is 17.1 Å². The maximum atomic E-state index is 2.52. The lowest BCUT2D eigenvalue weighted by molar-refractivity contribution is 0.590. The summed E-state index contributed by atoms with van der Waals surface area (Å²) in [7, 11) is 0. The first kappa shape index (κ1) is 37.8. The summed E-state index contributed by atoms with van der Waals surface area (Å²) >= 11 is 0. The lowest BCUT2D eigenvalue weighted by Gasteiger charge is -2.32. The second kappa shape index (κ2) is 14.2. The molecule has 0 atom stereocenters. The van der Waals surface area contributed by atoms with Crippen LogP contribution in [0.1, 0.15) is 52.7 Å². The highest BCUT2D eigenvalue weighted by molar-refractivity contribution is 6.27. The second-order valence-electron chi connectivity index (χ2n) is 19.0. The van der Waals surface area contributed by atoms with Gasteiger partial charge in [0.2, 0.25) is 0 Å². The number of rotatable bonds is 6. The summed E-state index contributed by atoms with van der Waals surface area (Å²) in [5.74, 6) is 0. The summed E-state index contributed by atoms with van der Waals surface area (Å²) < 4.78 is 2.47. The number of aromatic nitrogens is 1. The molecule has 0 aliphatic carbocycles. The van der Waals surface area contributed by atoms with Gasteiger partial charge in [0, 0.05) is 32.8 Å². The Hall–Kier alpha value is -7.16. The Morgan fingerprint density at radius 1 is 0.371 bits per heavy atom. The van der Waals surface area contributed by atoms with Crippen LogP contribution < -0.4 is 4.90 Å². The third kappa shape index (κ3) is 6.16. The van der Waals surface area contributed by atoms with Crippen molar-refractivity contribution in [1.82, 2.24) is 4.57 Å². The highest BCUT2D eigenvalue weighted by atomic mass is 15.1. The number of anilines is 3. The SMILES string of the molecule is CC(C)(C)c1ccc(-c2ccc(C(C)(C)C)cc2N(c2ccc(-c3ccccc3)cc2)c2ccc3ccc4c(-n5c6ccccc6c6ccccc65)ccc5ccc2c3c54)cc1. The molecule has 300 valence electrons. The van der Waals surface area contributed by atoms with Crippen molar-refractivity contribution in [3.8, 4) is 27.9 Å². The fraction of sp³-hybridized carbons (Fsp3) is 0.133. The van der Waals surface area contributed by atoms with E-state index in [9.17, 15) is 0 Å². The van der Waals surface area contributed by atoms with Gasteiger partial charge in [-0.25, -0.2) is 0 Å². The summed E-state index contributed by atoms with van der Waals surface area (Å²) in [6.07, 6.45) is 0. The monoisotopic (exact) mass is 798 g/mol. The van der Waals surface area contributed by atoms with Gasteiger partial charge in [-0.15, -0.1) is 0 Å². The van der Waals surface area contributed by atoms with Crippen LogP contribution in [0.2, 0.25) is 0 Å². The molecule has 0 bridgehead atoms. The van der Waals surface area contributed by atoms with Crippen molar-refractivity contribution in [2.24, 2.45) is 0 Å². The Balaban J connectivity index is 1.19. The van der Waals surface area contributed by atoms with E-state index < -0.39 is 0 Å². The molecule has 0 spiro atoms. The molecular formula is C60H50N2. The van der Waals surface area contributed by atoms with Crippen LogP contribution in [-0.4, -0.2) is 4.57 Å². The minimum atomic E-state index is -0.0575. The molecule has 1 heterocycles. The molecule has 10 aromatic carbocycles. The Morgan fingerprint density at radius 3 is 1.53 bits per heavy atom. The molecule has 0 saturated carbocycles. The van der Waals surface area contributed by atoms with Crippen LogP contribution >= 0.6 is 0 Å². The Kier molecular flexibility index (Phi) is 8.67. The number of para-hydroxylation sites is 2. The molecule has 0 unspecified atom stereocenters. The first-order valence-electron chi connectivity index (χ1n) is 21.9. The number of hydrogen-bond acceptors (Lipinski definition) is 1. The van der Waals surface area contributed by atoms with Crippen LogP contribution in [0.4, 0.5) is 17.1 Å². The predicted octanol–water partition coefficient (Wildman–Crippen LogP) is 17.1. The molecule has 0 aliphatic rings. The first-order valence-corrected chi connectivity index (χ1v) is 21.9. The average Bonchev–Trinajstić information content (AvgIpc) is 3.63. The molecule has 0 aliphatic heterocycles. The molecule has 11 aromatic rings. The highest BCUT2D eigenvalue weighted by Crippen LogP contribution is 2.49. The zero-order chi connectivity index (χ0) is 42.3. The molecule has 0 amide bonds. The Morgan fingerprint density at radius 2 is 0.887 bits per heavy atom. The molecule has 0 saturated heterocycles. The molecule has 0 N–H and O–H groups in total. The minimum absolute atomic E-state index is 0.0575. The van der Waals surface area contributed by atoms with E-state index in [0.29, 0.717) is 0 Å². The predicted molar refractivity (Wildman–Crippen MR) is 267 cm³/mol. The maximum Gasteiger partial charge on any atom is 0.0543 e. The molecule has 1 aromatic heterocycles. The summed E-state index contributed by atoms with van der Waals surface area (Å²) in [5, 5.41) is 10.1. The topological polar surface area (TPSA) is 8.17 Å². The molecule has 11 rings (SSSR count). The summed E-state index contributed by atoms with van der Waals surface area (Å²) in [6, 6.07) is 72.5. The van der Waals surface area contributed by atoms with E-state index in [1.165, 1.54) is 93.2 Å². The van der Waals surface area contributed by atoms with Gasteiger partial charge in [-0.05, 0) is 103 Å². The van der Waals surface area contributed by atoms with Crippen LogP contribution in [0.3, 0.4) is 0 Å². The van der Waals surface area contributed by atoms with Gasteiger partial charge in [-0.2, -0.15) is 0 Å². The van der Waals surface area contributed by atoms with Gasteiger partial charge in [0.15, 0.2) is 0 Å². The van der Waals surface area contributed by atoms with Crippen LogP contribution in [0, 0.1) is 0 Å². The van der Waals surface area contributed by atoms with Crippen LogP contribution in [0.25, 0.3) is 82.1 Å².